The van der Waals surface area contributed by atoms with E-state index in [9.17, 15) is 4.79 Å². The smallest absolute Gasteiger partial charge is 0.244 e. The Bertz CT molecular complexity index is 425. The first-order chi connectivity index (χ1) is 7.36. The maximum Gasteiger partial charge on any atom is 0.244 e. The lowest BCUT2D eigenvalue weighted by Gasteiger charge is -2.13. The predicted octanol–water partition coefficient (Wildman–Crippen LogP) is 1.95. The summed E-state index contributed by atoms with van der Waals surface area (Å²) in [7, 11) is 0. The number of carbonyl (C=O) groups excluding carboxylic acids is 1. The predicted molar refractivity (Wildman–Crippen MR) is 60.6 cm³/mol. The van der Waals surface area contributed by atoms with Gasteiger partial charge in [-0.2, -0.15) is 10.4 Å². The number of rotatable bonds is 3. The van der Waals surface area contributed by atoms with Crippen molar-refractivity contribution in [1.29, 1.82) is 5.26 Å². The van der Waals surface area contributed by atoms with Crippen molar-refractivity contribution in [3.8, 4) is 6.07 Å². The first-order valence-corrected chi connectivity index (χ1v) is 5.13. The molecule has 0 unspecified atom stereocenters. The Morgan fingerprint density at radius 1 is 1.62 bits per heavy atom. The molecule has 1 N–H and O–H groups in total. The average molecular weight is 220 g/mol. The van der Waals surface area contributed by atoms with Gasteiger partial charge in [0.2, 0.25) is 5.91 Å². The first-order valence-electron chi connectivity index (χ1n) is 5.13. The summed E-state index contributed by atoms with van der Waals surface area (Å²) in [5.41, 5.74) is -0.415. The van der Waals surface area contributed by atoms with Crippen LogP contribution in [-0.2, 0) is 4.79 Å². The van der Waals surface area contributed by atoms with Gasteiger partial charge in [0.25, 0.3) is 0 Å². The number of nitrogens with one attached hydrogen (secondary N) is 1. The molecule has 0 aliphatic rings. The molecule has 0 atom stereocenters. The number of carbonyl (C=O) groups is 1. The second-order valence-corrected chi connectivity index (χ2v) is 4.49. The fourth-order valence-electron chi connectivity index (χ4n) is 1.02. The van der Waals surface area contributed by atoms with Crippen molar-refractivity contribution < 1.29 is 4.79 Å². The molecule has 0 bridgehead atoms. The third-order valence-corrected chi connectivity index (χ3v) is 2.24. The van der Waals surface area contributed by atoms with Crippen LogP contribution in [0.25, 0.3) is 0 Å². The van der Waals surface area contributed by atoms with Gasteiger partial charge in [-0.15, -0.1) is 0 Å². The highest BCUT2D eigenvalue weighted by Crippen LogP contribution is 2.17. The maximum atomic E-state index is 11.7. The SMILES string of the molecule is CC(C)n1cc(NC(=O)C(C)(C)C#N)cn1. The standard InChI is InChI=1S/C11H16N4O/c1-8(2)15-6-9(5-13-15)14-10(16)11(3,4)7-12/h5-6,8H,1-4H3,(H,14,16). The molecule has 5 heteroatoms. The summed E-state index contributed by atoms with van der Waals surface area (Å²) in [5.74, 6) is -0.321. The molecule has 0 saturated carbocycles. The van der Waals surface area contributed by atoms with Crippen LogP contribution in [0.5, 0.6) is 0 Å². The van der Waals surface area contributed by atoms with Gasteiger partial charge in [-0.3, -0.25) is 9.48 Å². The minimum atomic E-state index is -1.03. The van der Waals surface area contributed by atoms with Crippen molar-refractivity contribution in [3.05, 3.63) is 12.4 Å². The van der Waals surface area contributed by atoms with E-state index in [0.29, 0.717) is 5.69 Å². The van der Waals surface area contributed by atoms with Crippen LogP contribution in [0.15, 0.2) is 12.4 Å². The van der Waals surface area contributed by atoms with Gasteiger partial charge in [0.05, 0.1) is 18.0 Å². The molecular formula is C11H16N4O. The summed E-state index contributed by atoms with van der Waals surface area (Å²) in [6.45, 7) is 7.15. The van der Waals surface area contributed by atoms with Crippen molar-refractivity contribution >= 4 is 11.6 Å². The highest BCUT2D eigenvalue weighted by atomic mass is 16.2. The Balaban J connectivity index is 2.75. The summed E-state index contributed by atoms with van der Waals surface area (Å²) < 4.78 is 1.75. The minimum Gasteiger partial charge on any atom is -0.322 e. The van der Waals surface area contributed by atoms with Crippen LogP contribution < -0.4 is 5.32 Å². The normalized spacial score (nSPS) is 11.2. The molecule has 0 aromatic carbocycles. The van der Waals surface area contributed by atoms with Crippen molar-refractivity contribution in [2.45, 2.75) is 33.7 Å². The molecule has 1 rings (SSSR count). The Kier molecular flexibility index (Phi) is 3.33. The van der Waals surface area contributed by atoms with Gasteiger partial charge in [0.1, 0.15) is 5.41 Å². The number of hydrogen-bond donors (Lipinski definition) is 1. The number of amides is 1. The molecule has 1 aromatic heterocycles. The molecule has 0 spiro atoms. The van der Waals surface area contributed by atoms with E-state index in [0.717, 1.165) is 0 Å². The molecule has 1 heterocycles. The zero-order chi connectivity index (χ0) is 12.3. The number of nitriles is 1. The van der Waals surface area contributed by atoms with Gasteiger partial charge in [-0.05, 0) is 27.7 Å². The van der Waals surface area contributed by atoms with E-state index in [-0.39, 0.29) is 11.9 Å². The second kappa shape index (κ2) is 4.35. The van der Waals surface area contributed by atoms with Crippen LogP contribution >= 0.6 is 0 Å². The van der Waals surface area contributed by atoms with E-state index in [1.54, 1.807) is 30.9 Å². The summed E-state index contributed by atoms with van der Waals surface area (Å²) >= 11 is 0. The molecule has 86 valence electrons. The number of anilines is 1. The average Bonchev–Trinajstić information content (AvgIpc) is 2.66. The Labute approximate surface area is 95.1 Å². The lowest BCUT2D eigenvalue weighted by molar-refractivity contribution is -0.121. The Morgan fingerprint density at radius 3 is 2.69 bits per heavy atom. The van der Waals surface area contributed by atoms with E-state index in [4.69, 9.17) is 5.26 Å². The first kappa shape index (κ1) is 12.2. The molecule has 0 radical (unpaired) electrons. The number of hydrogen-bond acceptors (Lipinski definition) is 3. The van der Waals surface area contributed by atoms with Crippen molar-refractivity contribution in [3.63, 3.8) is 0 Å². The van der Waals surface area contributed by atoms with Crippen LogP contribution in [-0.4, -0.2) is 15.7 Å². The Morgan fingerprint density at radius 2 is 2.25 bits per heavy atom. The van der Waals surface area contributed by atoms with Crippen LogP contribution in [0.4, 0.5) is 5.69 Å². The summed E-state index contributed by atoms with van der Waals surface area (Å²) in [6.07, 6.45) is 3.32. The second-order valence-electron chi connectivity index (χ2n) is 4.49. The summed E-state index contributed by atoms with van der Waals surface area (Å²) in [4.78, 5) is 11.7. The van der Waals surface area contributed by atoms with E-state index < -0.39 is 5.41 Å². The molecule has 0 aliphatic heterocycles. The van der Waals surface area contributed by atoms with Crippen molar-refractivity contribution in [2.75, 3.05) is 5.32 Å². The zero-order valence-corrected chi connectivity index (χ0v) is 9.98. The lowest BCUT2D eigenvalue weighted by Crippen LogP contribution is -2.29. The van der Waals surface area contributed by atoms with Gasteiger partial charge in [0, 0.05) is 12.2 Å². The van der Waals surface area contributed by atoms with E-state index >= 15 is 0 Å². The Hall–Kier alpha value is -1.83. The molecule has 1 amide bonds. The number of aromatic nitrogens is 2. The minimum absolute atomic E-state index is 0.245. The molecular weight excluding hydrogens is 204 g/mol. The highest BCUT2D eigenvalue weighted by molar-refractivity contribution is 5.96. The number of nitrogens with zero attached hydrogens (tertiary/aromatic N) is 3. The third-order valence-electron chi connectivity index (χ3n) is 2.24. The van der Waals surface area contributed by atoms with Crippen molar-refractivity contribution in [1.82, 2.24) is 9.78 Å². The van der Waals surface area contributed by atoms with Gasteiger partial charge in [-0.1, -0.05) is 0 Å². The van der Waals surface area contributed by atoms with E-state index in [1.165, 1.54) is 0 Å². The zero-order valence-electron chi connectivity index (χ0n) is 9.98. The van der Waals surface area contributed by atoms with Gasteiger partial charge in [-0.25, -0.2) is 0 Å². The molecule has 16 heavy (non-hydrogen) atoms. The molecule has 0 saturated heterocycles. The third kappa shape index (κ3) is 2.60. The highest BCUT2D eigenvalue weighted by Gasteiger charge is 2.27. The van der Waals surface area contributed by atoms with Crippen LogP contribution in [0.1, 0.15) is 33.7 Å². The van der Waals surface area contributed by atoms with Gasteiger partial charge < -0.3 is 5.32 Å². The van der Waals surface area contributed by atoms with Crippen LogP contribution in [0.2, 0.25) is 0 Å². The quantitative estimate of drug-likeness (QED) is 0.846. The summed E-state index contributed by atoms with van der Waals surface area (Å²) in [6, 6.07) is 2.20. The molecule has 0 fully saturated rings. The summed E-state index contributed by atoms with van der Waals surface area (Å²) in [5, 5.41) is 15.6. The topological polar surface area (TPSA) is 70.7 Å². The molecule has 1 aromatic rings. The molecule has 5 nitrogen and oxygen atoms in total. The monoisotopic (exact) mass is 220 g/mol. The lowest BCUT2D eigenvalue weighted by atomic mass is 9.95. The molecule has 0 aliphatic carbocycles. The maximum absolute atomic E-state index is 11.7. The van der Waals surface area contributed by atoms with Gasteiger partial charge >= 0.3 is 0 Å². The van der Waals surface area contributed by atoms with Crippen molar-refractivity contribution in [2.24, 2.45) is 5.41 Å². The fraction of sp³-hybridized carbons (Fsp3) is 0.545. The van der Waals surface area contributed by atoms with Gasteiger partial charge in [0.15, 0.2) is 0 Å². The fourth-order valence-corrected chi connectivity index (χ4v) is 1.02. The van der Waals surface area contributed by atoms with E-state index in [1.807, 2.05) is 19.9 Å². The van der Waals surface area contributed by atoms with Crippen LogP contribution in [0, 0.1) is 16.7 Å². The van der Waals surface area contributed by atoms with Crippen LogP contribution in [0.3, 0.4) is 0 Å². The largest absolute Gasteiger partial charge is 0.322 e. The van der Waals surface area contributed by atoms with E-state index in [2.05, 4.69) is 10.4 Å².